The number of hydrogen-bond acceptors (Lipinski definition) is 5. The number of aliphatic hydroxyl groups excluding tert-OH is 1. The molecule has 0 saturated heterocycles. The molecule has 0 unspecified atom stereocenters. The Morgan fingerprint density at radius 1 is 1.23 bits per heavy atom. The number of esters is 1. The van der Waals surface area contributed by atoms with E-state index in [2.05, 4.69) is 6.92 Å². The minimum absolute atomic E-state index is 0.0416. The zero-order valence-electron chi connectivity index (χ0n) is 15.8. The first-order valence-corrected chi connectivity index (χ1v) is 8.99. The molecule has 0 spiro atoms. The van der Waals surface area contributed by atoms with Crippen LogP contribution in [0, 0.1) is 5.41 Å². The highest BCUT2D eigenvalue weighted by molar-refractivity contribution is 6.10. The number of methoxy groups -OCH3 is 2. The molecule has 140 valence electrons. The van der Waals surface area contributed by atoms with Crippen LogP contribution in [-0.2, 0) is 21.4 Å². The van der Waals surface area contributed by atoms with Crippen molar-refractivity contribution >= 4 is 11.8 Å². The van der Waals surface area contributed by atoms with Gasteiger partial charge in [-0.05, 0) is 61.1 Å². The normalized spacial score (nSPS) is 27.3. The van der Waals surface area contributed by atoms with Gasteiger partial charge in [-0.3, -0.25) is 9.59 Å². The summed E-state index contributed by atoms with van der Waals surface area (Å²) in [5.41, 5.74) is 1.88. The van der Waals surface area contributed by atoms with E-state index in [4.69, 9.17) is 9.47 Å². The van der Waals surface area contributed by atoms with Gasteiger partial charge in [-0.15, -0.1) is 0 Å². The molecule has 2 aliphatic rings. The maximum absolute atomic E-state index is 13.0. The molecule has 1 saturated carbocycles. The Bertz CT molecular complexity index is 794. The van der Waals surface area contributed by atoms with E-state index in [9.17, 15) is 14.7 Å². The van der Waals surface area contributed by atoms with Gasteiger partial charge in [0, 0.05) is 17.6 Å². The molecule has 1 N–H and O–H groups in total. The molecule has 3 rings (SSSR count). The van der Waals surface area contributed by atoms with E-state index >= 15 is 0 Å². The van der Waals surface area contributed by atoms with Gasteiger partial charge in [0.2, 0.25) is 0 Å². The summed E-state index contributed by atoms with van der Waals surface area (Å²) in [6, 6.07) is 3.72. The molecule has 1 fully saturated rings. The van der Waals surface area contributed by atoms with Gasteiger partial charge in [-0.25, -0.2) is 0 Å². The molecular weight excluding hydrogens is 332 g/mol. The highest BCUT2D eigenvalue weighted by Crippen LogP contribution is 2.56. The number of rotatable bonds is 4. The number of hydrogen-bond donors (Lipinski definition) is 1. The van der Waals surface area contributed by atoms with E-state index in [0.29, 0.717) is 24.2 Å². The number of benzene rings is 1. The van der Waals surface area contributed by atoms with Gasteiger partial charge in [-0.2, -0.15) is 0 Å². The third-order valence-corrected chi connectivity index (χ3v) is 6.11. The first-order chi connectivity index (χ1) is 12.3. The predicted octanol–water partition coefficient (Wildman–Crippen LogP) is 2.97. The maximum Gasteiger partial charge on any atom is 0.315 e. The van der Waals surface area contributed by atoms with Crippen molar-refractivity contribution in [1.82, 2.24) is 0 Å². The van der Waals surface area contributed by atoms with Gasteiger partial charge in [0.05, 0.1) is 19.6 Å². The zero-order valence-corrected chi connectivity index (χ0v) is 15.8. The van der Waals surface area contributed by atoms with Crippen LogP contribution in [0.1, 0.15) is 54.6 Å². The summed E-state index contributed by atoms with van der Waals surface area (Å²) in [6.07, 6.45) is 4.39. The standard InChI is InChI=1S/C21H26O5/c1-20-7-5-8-21(2,19(24)26-4)17(20)12-16(23)18-13(6-9-22)10-14(25-3)11-15(18)20/h10-12,22H,5-9H2,1-4H3/t20-,21-/m0/s1. The third-order valence-electron chi connectivity index (χ3n) is 6.11. The summed E-state index contributed by atoms with van der Waals surface area (Å²) < 4.78 is 10.5. The molecule has 1 aromatic carbocycles. The van der Waals surface area contributed by atoms with Crippen LogP contribution < -0.4 is 4.74 Å². The molecule has 26 heavy (non-hydrogen) atoms. The number of carbonyl (C=O) groups is 2. The average molecular weight is 358 g/mol. The average Bonchev–Trinajstić information content (AvgIpc) is 2.63. The summed E-state index contributed by atoms with van der Waals surface area (Å²) in [5.74, 6) is 0.243. The largest absolute Gasteiger partial charge is 0.497 e. The Labute approximate surface area is 154 Å². The number of fused-ring (bicyclic) bond motifs is 3. The van der Waals surface area contributed by atoms with E-state index in [1.807, 2.05) is 19.1 Å². The highest BCUT2D eigenvalue weighted by Gasteiger charge is 2.53. The summed E-state index contributed by atoms with van der Waals surface area (Å²) in [4.78, 5) is 25.6. The maximum atomic E-state index is 13.0. The molecule has 0 bridgehead atoms. The Kier molecular flexibility index (Phi) is 4.69. The van der Waals surface area contributed by atoms with Crippen molar-refractivity contribution in [2.45, 2.75) is 44.9 Å². The number of ketones is 1. The van der Waals surface area contributed by atoms with E-state index < -0.39 is 10.8 Å². The van der Waals surface area contributed by atoms with Crippen molar-refractivity contribution in [1.29, 1.82) is 0 Å². The topological polar surface area (TPSA) is 72.8 Å². The van der Waals surface area contributed by atoms with Crippen molar-refractivity contribution in [3.8, 4) is 5.75 Å². The van der Waals surface area contributed by atoms with Crippen molar-refractivity contribution in [2.24, 2.45) is 5.41 Å². The third kappa shape index (κ3) is 2.57. The van der Waals surface area contributed by atoms with E-state index in [1.54, 1.807) is 13.2 Å². The Balaban J connectivity index is 2.26. The molecule has 0 heterocycles. The number of carbonyl (C=O) groups excluding carboxylic acids is 2. The lowest BCUT2D eigenvalue weighted by Gasteiger charge is -2.48. The van der Waals surface area contributed by atoms with E-state index in [1.165, 1.54) is 7.11 Å². The fraction of sp³-hybridized carbons (Fsp3) is 0.524. The Morgan fingerprint density at radius 2 is 1.96 bits per heavy atom. The second-order valence-electron chi connectivity index (χ2n) is 7.61. The van der Waals surface area contributed by atoms with Crippen LogP contribution in [0.3, 0.4) is 0 Å². The minimum atomic E-state index is -0.810. The lowest BCUT2D eigenvalue weighted by atomic mass is 9.54. The first-order valence-electron chi connectivity index (χ1n) is 8.99. The van der Waals surface area contributed by atoms with Crippen molar-refractivity contribution in [3.63, 3.8) is 0 Å². The molecule has 5 nitrogen and oxygen atoms in total. The second-order valence-corrected chi connectivity index (χ2v) is 7.61. The van der Waals surface area contributed by atoms with Crippen LogP contribution in [0.2, 0.25) is 0 Å². The molecule has 0 radical (unpaired) electrons. The SMILES string of the molecule is COC(=O)[C@@]1(C)CCC[C@]2(C)C1=CC(=O)c1c(CCO)cc(OC)cc12. The van der Waals surface area contributed by atoms with Crippen molar-refractivity contribution < 1.29 is 24.2 Å². The van der Waals surface area contributed by atoms with Crippen LogP contribution in [0.25, 0.3) is 0 Å². The van der Waals surface area contributed by atoms with Gasteiger partial charge in [0.1, 0.15) is 5.75 Å². The van der Waals surface area contributed by atoms with Gasteiger partial charge in [0.25, 0.3) is 0 Å². The summed E-state index contributed by atoms with van der Waals surface area (Å²) in [6.45, 7) is 3.92. The van der Waals surface area contributed by atoms with Crippen molar-refractivity contribution in [2.75, 3.05) is 20.8 Å². The quantitative estimate of drug-likeness (QED) is 0.838. The highest BCUT2D eigenvalue weighted by atomic mass is 16.5. The van der Waals surface area contributed by atoms with E-state index in [0.717, 1.165) is 29.5 Å². The summed E-state index contributed by atoms with van der Waals surface area (Å²) in [5, 5.41) is 9.43. The Morgan fingerprint density at radius 3 is 2.58 bits per heavy atom. The van der Waals surface area contributed by atoms with E-state index in [-0.39, 0.29) is 18.4 Å². The van der Waals surface area contributed by atoms with Gasteiger partial charge in [-0.1, -0.05) is 13.3 Å². The van der Waals surface area contributed by atoms with Gasteiger partial charge < -0.3 is 14.6 Å². The van der Waals surface area contributed by atoms with Crippen LogP contribution in [-0.4, -0.2) is 37.7 Å². The lowest BCUT2D eigenvalue weighted by Crippen LogP contribution is -2.46. The first kappa shape index (κ1) is 18.6. The zero-order chi connectivity index (χ0) is 19.1. The molecule has 5 heteroatoms. The van der Waals surface area contributed by atoms with Crippen molar-refractivity contribution in [3.05, 3.63) is 40.5 Å². The Hall–Kier alpha value is -2.14. The fourth-order valence-corrected chi connectivity index (χ4v) is 4.75. The molecule has 0 aromatic heterocycles. The van der Waals surface area contributed by atoms with Gasteiger partial charge in [0.15, 0.2) is 5.78 Å². The molecule has 0 aliphatic heterocycles. The fourth-order valence-electron chi connectivity index (χ4n) is 4.75. The monoisotopic (exact) mass is 358 g/mol. The minimum Gasteiger partial charge on any atom is -0.497 e. The smallest absolute Gasteiger partial charge is 0.315 e. The molecular formula is C21H26O5. The lowest BCUT2D eigenvalue weighted by molar-refractivity contribution is -0.151. The van der Waals surface area contributed by atoms with Crippen LogP contribution in [0.15, 0.2) is 23.8 Å². The number of ether oxygens (including phenoxy) is 2. The molecule has 0 amide bonds. The summed E-state index contributed by atoms with van der Waals surface area (Å²) in [7, 11) is 2.98. The van der Waals surface area contributed by atoms with Crippen LogP contribution in [0.4, 0.5) is 0 Å². The molecule has 2 atom stereocenters. The molecule has 1 aromatic rings. The second kappa shape index (κ2) is 6.54. The summed E-state index contributed by atoms with van der Waals surface area (Å²) >= 11 is 0. The number of aliphatic hydroxyl groups is 1. The molecule has 2 aliphatic carbocycles. The van der Waals surface area contributed by atoms with Crippen LogP contribution >= 0.6 is 0 Å². The van der Waals surface area contributed by atoms with Gasteiger partial charge >= 0.3 is 5.97 Å². The number of allylic oxidation sites excluding steroid dienone is 1. The predicted molar refractivity (Wildman–Crippen MR) is 97.5 cm³/mol. The van der Waals surface area contributed by atoms with Crippen LogP contribution in [0.5, 0.6) is 5.75 Å².